The minimum Gasteiger partial charge on any atom is -0.342 e. The van der Waals surface area contributed by atoms with Crippen molar-refractivity contribution in [1.82, 2.24) is 10.2 Å². The zero-order chi connectivity index (χ0) is 11.6. The van der Waals surface area contributed by atoms with Crippen molar-refractivity contribution in [3.63, 3.8) is 0 Å². The van der Waals surface area contributed by atoms with Crippen molar-refractivity contribution >= 4 is 5.91 Å². The Kier molecular flexibility index (Phi) is 3.77. The second-order valence-electron chi connectivity index (χ2n) is 5.24. The highest BCUT2D eigenvalue weighted by molar-refractivity contribution is 5.78. The molecule has 2 atom stereocenters. The standard InChI is InChI=1S/C12H24N2O/c1-9(8-13-4)11(15)14(5)10(2)12(3)6-7-12/h9-10,13H,6-8H2,1-5H3. The van der Waals surface area contributed by atoms with Crippen LogP contribution in [0.5, 0.6) is 0 Å². The summed E-state index contributed by atoms with van der Waals surface area (Å²) < 4.78 is 0. The third-order valence-corrected chi connectivity index (χ3v) is 3.91. The van der Waals surface area contributed by atoms with Gasteiger partial charge in [-0.3, -0.25) is 4.79 Å². The largest absolute Gasteiger partial charge is 0.342 e. The number of hydrogen-bond donors (Lipinski definition) is 1. The zero-order valence-electron chi connectivity index (χ0n) is 10.6. The van der Waals surface area contributed by atoms with Crippen molar-refractivity contribution in [1.29, 1.82) is 0 Å². The smallest absolute Gasteiger partial charge is 0.226 e. The van der Waals surface area contributed by atoms with E-state index < -0.39 is 0 Å². The minimum absolute atomic E-state index is 0.0739. The molecule has 1 aliphatic rings. The third kappa shape index (κ3) is 2.71. The number of nitrogens with one attached hydrogen (secondary N) is 1. The molecular formula is C12H24N2O. The van der Waals surface area contributed by atoms with Crippen LogP contribution in [0.1, 0.15) is 33.6 Å². The normalized spacial score (nSPS) is 21.9. The van der Waals surface area contributed by atoms with Gasteiger partial charge in [-0.05, 0) is 32.2 Å². The molecule has 0 aromatic rings. The summed E-state index contributed by atoms with van der Waals surface area (Å²) in [5.41, 5.74) is 0.379. The fourth-order valence-corrected chi connectivity index (χ4v) is 2.01. The summed E-state index contributed by atoms with van der Waals surface area (Å²) in [4.78, 5) is 14.0. The number of carbonyl (C=O) groups is 1. The first kappa shape index (κ1) is 12.5. The number of carbonyl (C=O) groups excluding carboxylic acids is 1. The Bertz CT molecular complexity index is 236. The Hall–Kier alpha value is -0.570. The van der Waals surface area contributed by atoms with Crippen molar-refractivity contribution in [2.45, 2.75) is 39.7 Å². The molecule has 1 amide bonds. The summed E-state index contributed by atoms with van der Waals surface area (Å²) in [6, 6.07) is 0.365. The van der Waals surface area contributed by atoms with E-state index in [1.165, 1.54) is 12.8 Å². The summed E-state index contributed by atoms with van der Waals surface area (Å²) in [7, 11) is 3.82. The number of hydrogen-bond acceptors (Lipinski definition) is 2. The fraction of sp³-hybridized carbons (Fsp3) is 0.917. The molecule has 0 saturated heterocycles. The van der Waals surface area contributed by atoms with Gasteiger partial charge in [-0.1, -0.05) is 13.8 Å². The van der Waals surface area contributed by atoms with E-state index >= 15 is 0 Å². The van der Waals surface area contributed by atoms with E-state index in [1.807, 2.05) is 25.9 Å². The molecule has 0 radical (unpaired) electrons. The monoisotopic (exact) mass is 212 g/mol. The van der Waals surface area contributed by atoms with Gasteiger partial charge in [0.1, 0.15) is 0 Å². The first-order chi connectivity index (χ1) is 6.92. The van der Waals surface area contributed by atoms with Gasteiger partial charge in [0.25, 0.3) is 0 Å². The van der Waals surface area contributed by atoms with Gasteiger partial charge in [-0.15, -0.1) is 0 Å². The van der Waals surface area contributed by atoms with Gasteiger partial charge in [-0.2, -0.15) is 0 Å². The molecule has 1 aliphatic carbocycles. The highest BCUT2D eigenvalue weighted by Crippen LogP contribution is 2.49. The summed E-state index contributed by atoms with van der Waals surface area (Å²) in [6.45, 7) is 7.17. The van der Waals surface area contributed by atoms with Crippen molar-refractivity contribution in [2.24, 2.45) is 11.3 Å². The summed E-state index contributed by atoms with van der Waals surface area (Å²) in [5, 5.41) is 3.05. The van der Waals surface area contributed by atoms with Gasteiger partial charge in [-0.25, -0.2) is 0 Å². The third-order valence-electron chi connectivity index (χ3n) is 3.91. The molecule has 3 nitrogen and oxygen atoms in total. The molecule has 1 saturated carbocycles. The molecule has 15 heavy (non-hydrogen) atoms. The number of nitrogens with zero attached hydrogens (tertiary/aromatic N) is 1. The topological polar surface area (TPSA) is 32.3 Å². The van der Waals surface area contributed by atoms with E-state index in [0.717, 1.165) is 6.54 Å². The maximum Gasteiger partial charge on any atom is 0.226 e. The molecule has 2 unspecified atom stereocenters. The number of rotatable bonds is 5. The van der Waals surface area contributed by atoms with Crippen molar-refractivity contribution in [3.05, 3.63) is 0 Å². The van der Waals surface area contributed by atoms with Crippen molar-refractivity contribution in [3.8, 4) is 0 Å². The molecule has 88 valence electrons. The average Bonchev–Trinajstić information content (AvgIpc) is 2.95. The molecule has 1 rings (SSSR count). The van der Waals surface area contributed by atoms with Gasteiger partial charge >= 0.3 is 0 Å². The van der Waals surface area contributed by atoms with Crippen LogP contribution in [0.3, 0.4) is 0 Å². The van der Waals surface area contributed by atoms with E-state index in [-0.39, 0.29) is 11.8 Å². The van der Waals surface area contributed by atoms with Crippen molar-refractivity contribution < 1.29 is 4.79 Å². The fourth-order valence-electron chi connectivity index (χ4n) is 2.01. The highest BCUT2D eigenvalue weighted by atomic mass is 16.2. The summed E-state index contributed by atoms with van der Waals surface area (Å²) >= 11 is 0. The first-order valence-corrected chi connectivity index (χ1v) is 5.83. The van der Waals surface area contributed by atoms with Crippen LogP contribution < -0.4 is 5.32 Å². The quantitative estimate of drug-likeness (QED) is 0.749. The van der Waals surface area contributed by atoms with E-state index in [4.69, 9.17) is 0 Å². The van der Waals surface area contributed by atoms with E-state index in [2.05, 4.69) is 19.2 Å². The maximum atomic E-state index is 12.0. The molecule has 1 fully saturated rings. The van der Waals surface area contributed by atoms with E-state index in [1.54, 1.807) is 0 Å². The molecule has 0 aromatic heterocycles. The molecule has 0 aromatic carbocycles. The van der Waals surface area contributed by atoms with Gasteiger partial charge in [0.2, 0.25) is 5.91 Å². The molecular weight excluding hydrogens is 188 g/mol. The molecule has 0 spiro atoms. The maximum absolute atomic E-state index is 12.0. The van der Waals surface area contributed by atoms with Gasteiger partial charge in [0, 0.05) is 25.6 Å². The van der Waals surface area contributed by atoms with Crippen LogP contribution in [0.25, 0.3) is 0 Å². The second kappa shape index (κ2) is 4.52. The molecule has 0 aliphatic heterocycles. The Balaban J connectivity index is 2.51. The number of amides is 1. The van der Waals surface area contributed by atoms with Crippen LogP contribution in [-0.2, 0) is 4.79 Å². The molecule has 0 bridgehead atoms. The second-order valence-corrected chi connectivity index (χ2v) is 5.24. The van der Waals surface area contributed by atoms with Crippen LogP contribution in [0, 0.1) is 11.3 Å². The SMILES string of the molecule is CNCC(C)C(=O)N(C)C(C)C1(C)CC1. The van der Waals surface area contributed by atoms with Crippen molar-refractivity contribution in [2.75, 3.05) is 20.6 Å². The Labute approximate surface area is 93.2 Å². The zero-order valence-corrected chi connectivity index (χ0v) is 10.6. The molecule has 0 heterocycles. The minimum atomic E-state index is 0.0739. The van der Waals surface area contributed by atoms with Crippen LogP contribution in [0.2, 0.25) is 0 Å². The van der Waals surface area contributed by atoms with Gasteiger partial charge in [0.05, 0.1) is 0 Å². The predicted octanol–water partition coefficient (Wildman–Crippen LogP) is 1.49. The predicted molar refractivity (Wildman–Crippen MR) is 62.7 cm³/mol. The van der Waals surface area contributed by atoms with Gasteiger partial charge < -0.3 is 10.2 Å². The Morgan fingerprint density at radius 1 is 1.47 bits per heavy atom. The Morgan fingerprint density at radius 3 is 2.40 bits per heavy atom. The molecule has 3 heteroatoms. The van der Waals surface area contributed by atoms with Crippen LogP contribution in [-0.4, -0.2) is 37.5 Å². The lowest BCUT2D eigenvalue weighted by atomic mass is 9.98. The highest BCUT2D eigenvalue weighted by Gasteiger charge is 2.45. The lowest BCUT2D eigenvalue weighted by molar-refractivity contribution is -0.136. The summed E-state index contributed by atoms with van der Waals surface area (Å²) in [6.07, 6.45) is 2.51. The van der Waals surface area contributed by atoms with Gasteiger partial charge in [0.15, 0.2) is 0 Å². The van der Waals surface area contributed by atoms with E-state index in [0.29, 0.717) is 11.5 Å². The van der Waals surface area contributed by atoms with Crippen LogP contribution in [0.4, 0.5) is 0 Å². The van der Waals surface area contributed by atoms with Crippen LogP contribution in [0.15, 0.2) is 0 Å². The first-order valence-electron chi connectivity index (χ1n) is 5.83. The summed E-state index contributed by atoms with van der Waals surface area (Å²) in [5.74, 6) is 0.328. The van der Waals surface area contributed by atoms with Crippen LogP contribution >= 0.6 is 0 Å². The lowest BCUT2D eigenvalue weighted by Gasteiger charge is -2.32. The van der Waals surface area contributed by atoms with E-state index in [9.17, 15) is 4.79 Å². The average molecular weight is 212 g/mol. The lowest BCUT2D eigenvalue weighted by Crippen LogP contribution is -2.44. The Morgan fingerprint density at radius 2 is 2.00 bits per heavy atom. The molecule has 1 N–H and O–H groups in total.